The molecule has 3 N–H and O–H groups in total. The van der Waals surface area contributed by atoms with Gasteiger partial charge in [-0.05, 0) is 30.7 Å². The fourth-order valence-corrected chi connectivity index (χ4v) is 4.04. The van der Waals surface area contributed by atoms with E-state index < -0.39 is 0 Å². The van der Waals surface area contributed by atoms with Crippen molar-refractivity contribution in [3.63, 3.8) is 0 Å². The molecule has 4 rings (SSSR count). The molecule has 0 aliphatic rings. The van der Waals surface area contributed by atoms with Crippen molar-refractivity contribution in [1.29, 1.82) is 0 Å². The number of nitrogens with one attached hydrogen (secondary N) is 3. The Kier molecular flexibility index (Phi) is 6.79. The number of thioether (sulfide) groups is 1. The molecule has 0 bridgehead atoms. The Hall–Kier alpha value is -2.97. The number of rotatable bonds is 9. The molecular formula is C23H27N7S. The van der Waals surface area contributed by atoms with Gasteiger partial charge >= 0.3 is 0 Å². The molecule has 3 heterocycles. The second kappa shape index (κ2) is 9.89. The largest absolute Gasteiger partial charge is 0.364 e. The lowest BCUT2D eigenvalue weighted by Gasteiger charge is -2.10. The quantitative estimate of drug-likeness (QED) is 0.204. The molecule has 8 heteroatoms. The minimum absolute atomic E-state index is 0.307. The van der Waals surface area contributed by atoms with Crippen LogP contribution in [0.4, 0.5) is 5.82 Å². The lowest BCUT2D eigenvalue weighted by Crippen LogP contribution is -2.10. The number of nitrogens with zero attached hydrogens (tertiary/aromatic N) is 4. The molecule has 0 amide bonds. The summed E-state index contributed by atoms with van der Waals surface area (Å²) in [6.07, 6.45) is 1.81. The second-order valence-corrected chi connectivity index (χ2v) is 8.62. The molecular weight excluding hydrogens is 406 g/mol. The van der Waals surface area contributed by atoms with Gasteiger partial charge in [0.1, 0.15) is 5.52 Å². The highest BCUT2D eigenvalue weighted by Crippen LogP contribution is 2.28. The molecule has 0 unspecified atom stereocenters. The summed E-state index contributed by atoms with van der Waals surface area (Å²) in [6.45, 7) is 5.83. The van der Waals surface area contributed by atoms with E-state index in [1.807, 2.05) is 31.4 Å². The maximum absolute atomic E-state index is 4.77. The summed E-state index contributed by atoms with van der Waals surface area (Å²) in [5.74, 6) is 1.97. The van der Waals surface area contributed by atoms with Crippen molar-refractivity contribution >= 4 is 28.6 Å². The molecule has 0 aliphatic carbocycles. The Labute approximate surface area is 186 Å². The number of pyridine rings is 1. The van der Waals surface area contributed by atoms with Crippen LogP contribution >= 0.6 is 11.8 Å². The average Bonchev–Trinajstić information content (AvgIpc) is 3.23. The third-order valence-electron chi connectivity index (χ3n) is 4.94. The standard InChI is InChI=1S/C23H27N7S/c1-15(2)19-20-21(30-29-19)22(28-23(27-20)31-13-12-24-3)26-14-16-7-9-17(10-8-16)18-6-4-5-11-25-18/h4-11,15,24H,12-14H2,1-3H3,(H,29,30)(H,26,27,28). The van der Waals surface area contributed by atoms with Crippen LogP contribution < -0.4 is 10.6 Å². The van der Waals surface area contributed by atoms with Crippen LogP contribution in [-0.2, 0) is 6.54 Å². The normalized spacial score (nSPS) is 11.4. The maximum Gasteiger partial charge on any atom is 0.190 e. The lowest BCUT2D eigenvalue weighted by atomic mass is 10.1. The first-order chi connectivity index (χ1) is 15.2. The first-order valence-corrected chi connectivity index (χ1v) is 11.4. The van der Waals surface area contributed by atoms with Gasteiger partial charge in [0.15, 0.2) is 16.5 Å². The summed E-state index contributed by atoms with van der Waals surface area (Å²) in [5, 5.41) is 15.0. The number of aromatic nitrogens is 5. The van der Waals surface area contributed by atoms with Crippen LogP contribution in [0.2, 0.25) is 0 Å². The highest BCUT2D eigenvalue weighted by Gasteiger charge is 2.17. The molecule has 7 nitrogen and oxygen atoms in total. The van der Waals surface area contributed by atoms with Crippen LogP contribution in [0.5, 0.6) is 0 Å². The molecule has 4 aromatic rings. The summed E-state index contributed by atoms with van der Waals surface area (Å²) >= 11 is 1.65. The zero-order chi connectivity index (χ0) is 21.6. The Morgan fingerprint density at radius 1 is 1.03 bits per heavy atom. The van der Waals surface area contributed by atoms with Gasteiger partial charge in [0.05, 0.1) is 11.4 Å². The fraction of sp³-hybridized carbons (Fsp3) is 0.304. The van der Waals surface area contributed by atoms with Crippen LogP contribution in [0.1, 0.15) is 31.0 Å². The third kappa shape index (κ3) is 5.03. The Morgan fingerprint density at radius 3 is 2.58 bits per heavy atom. The van der Waals surface area contributed by atoms with Crippen LogP contribution in [0, 0.1) is 0 Å². The topological polar surface area (TPSA) is 91.4 Å². The summed E-state index contributed by atoms with van der Waals surface area (Å²) in [4.78, 5) is 13.9. The number of fused-ring (bicyclic) bond motifs is 1. The first-order valence-electron chi connectivity index (χ1n) is 10.4. The zero-order valence-corrected chi connectivity index (χ0v) is 18.8. The number of aromatic amines is 1. The minimum Gasteiger partial charge on any atom is -0.364 e. The SMILES string of the molecule is CNCCSc1nc(NCc2ccc(-c3ccccn3)cc2)c2n[nH]c(C(C)C)c2n1. The van der Waals surface area contributed by atoms with Crippen molar-refractivity contribution in [2.24, 2.45) is 0 Å². The van der Waals surface area contributed by atoms with E-state index in [4.69, 9.17) is 9.97 Å². The van der Waals surface area contributed by atoms with Gasteiger partial charge in [0.25, 0.3) is 0 Å². The molecule has 0 saturated heterocycles. The van der Waals surface area contributed by atoms with Crippen LogP contribution in [-0.4, -0.2) is 44.5 Å². The van der Waals surface area contributed by atoms with Crippen molar-refractivity contribution in [3.8, 4) is 11.3 Å². The monoisotopic (exact) mass is 433 g/mol. The number of hydrogen-bond acceptors (Lipinski definition) is 7. The van der Waals surface area contributed by atoms with Gasteiger partial charge in [0.2, 0.25) is 0 Å². The summed E-state index contributed by atoms with van der Waals surface area (Å²) < 4.78 is 0. The number of anilines is 1. The van der Waals surface area contributed by atoms with Gasteiger partial charge in [-0.2, -0.15) is 5.10 Å². The van der Waals surface area contributed by atoms with Gasteiger partial charge in [0, 0.05) is 30.6 Å². The van der Waals surface area contributed by atoms with Gasteiger partial charge in [-0.3, -0.25) is 10.1 Å². The molecule has 0 saturated carbocycles. The first kappa shape index (κ1) is 21.3. The number of hydrogen-bond donors (Lipinski definition) is 3. The highest BCUT2D eigenvalue weighted by molar-refractivity contribution is 7.99. The van der Waals surface area contributed by atoms with Crippen molar-refractivity contribution in [2.45, 2.75) is 31.5 Å². The van der Waals surface area contributed by atoms with Crippen LogP contribution in [0.25, 0.3) is 22.3 Å². The smallest absolute Gasteiger partial charge is 0.190 e. The van der Waals surface area contributed by atoms with Crippen molar-refractivity contribution < 1.29 is 0 Å². The second-order valence-electron chi connectivity index (χ2n) is 7.56. The van der Waals surface area contributed by atoms with E-state index in [1.54, 1.807) is 11.8 Å². The van der Waals surface area contributed by atoms with E-state index in [9.17, 15) is 0 Å². The maximum atomic E-state index is 4.77. The van der Waals surface area contributed by atoms with Gasteiger partial charge in [-0.25, -0.2) is 9.97 Å². The van der Waals surface area contributed by atoms with Crippen LogP contribution in [0.3, 0.4) is 0 Å². The summed E-state index contributed by atoms with van der Waals surface area (Å²) in [6, 6.07) is 14.4. The molecule has 0 fully saturated rings. The summed E-state index contributed by atoms with van der Waals surface area (Å²) in [5.41, 5.74) is 5.95. The van der Waals surface area contributed by atoms with Crippen LogP contribution in [0.15, 0.2) is 53.8 Å². The lowest BCUT2D eigenvalue weighted by molar-refractivity contribution is 0.813. The predicted molar refractivity (Wildman–Crippen MR) is 127 cm³/mol. The van der Waals surface area contributed by atoms with Crippen molar-refractivity contribution in [1.82, 2.24) is 30.5 Å². The summed E-state index contributed by atoms with van der Waals surface area (Å²) in [7, 11) is 1.95. The Balaban J connectivity index is 1.55. The Morgan fingerprint density at radius 2 is 1.87 bits per heavy atom. The molecule has 0 radical (unpaired) electrons. The fourth-order valence-electron chi connectivity index (χ4n) is 3.24. The van der Waals surface area contributed by atoms with E-state index in [0.29, 0.717) is 12.5 Å². The zero-order valence-electron chi connectivity index (χ0n) is 18.0. The van der Waals surface area contributed by atoms with Crippen molar-refractivity contribution in [2.75, 3.05) is 24.7 Å². The van der Waals surface area contributed by atoms with E-state index in [-0.39, 0.29) is 0 Å². The third-order valence-corrected chi connectivity index (χ3v) is 5.79. The highest BCUT2D eigenvalue weighted by atomic mass is 32.2. The number of H-pyrrole nitrogens is 1. The van der Waals surface area contributed by atoms with Gasteiger partial charge < -0.3 is 10.6 Å². The molecule has 0 spiro atoms. The van der Waals surface area contributed by atoms with E-state index in [2.05, 4.69) is 63.9 Å². The van der Waals surface area contributed by atoms with E-state index >= 15 is 0 Å². The molecule has 0 atom stereocenters. The number of benzene rings is 1. The van der Waals surface area contributed by atoms with Crippen molar-refractivity contribution in [3.05, 3.63) is 59.9 Å². The molecule has 1 aromatic carbocycles. The van der Waals surface area contributed by atoms with Gasteiger partial charge in [-0.1, -0.05) is 55.9 Å². The molecule has 3 aromatic heterocycles. The minimum atomic E-state index is 0.307. The Bertz CT molecular complexity index is 1120. The average molecular weight is 434 g/mol. The molecule has 160 valence electrons. The predicted octanol–water partition coefficient (Wildman–Crippen LogP) is 4.46. The van der Waals surface area contributed by atoms with E-state index in [0.717, 1.165) is 56.8 Å². The van der Waals surface area contributed by atoms with E-state index in [1.165, 1.54) is 0 Å². The molecule has 31 heavy (non-hydrogen) atoms. The van der Waals surface area contributed by atoms with Gasteiger partial charge in [-0.15, -0.1) is 0 Å². The molecule has 0 aliphatic heterocycles.